The second-order valence-electron chi connectivity index (χ2n) is 2.98. The Morgan fingerprint density at radius 1 is 1.50 bits per heavy atom. The number of anilines is 1. The molecule has 6 nitrogen and oxygen atoms in total. The molecule has 0 fully saturated rings. The Hall–Kier alpha value is -2.11. The Kier molecular flexibility index (Phi) is 4.26. The summed E-state index contributed by atoms with van der Waals surface area (Å²) < 4.78 is 5.10. The topological polar surface area (TPSA) is 76.8 Å². The third kappa shape index (κ3) is 3.56. The number of benzene rings is 1. The van der Waals surface area contributed by atoms with Gasteiger partial charge in [-0.2, -0.15) is 0 Å². The van der Waals surface area contributed by atoms with Crippen molar-refractivity contribution in [1.82, 2.24) is 0 Å². The van der Waals surface area contributed by atoms with Crippen molar-refractivity contribution in [2.75, 3.05) is 12.0 Å². The van der Waals surface area contributed by atoms with E-state index in [-0.39, 0.29) is 5.69 Å². The fourth-order valence-electron chi connectivity index (χ4n) is 1.04. The van der Waals surface area contributed by atoms with E-state index in [0.717, 1.165) is 0 Å². The van der Waals surface area contributed by atoms with Gasteiger partial charge in [0.15, 0.2) is 0 Å². The SMILES string of the molecule is CCO/C(C)=N\Nc1ccc([N+](=O)[O-])cc1. The monoisotopic (exact) mass is 223 g/mol. The lowest BCUT2D eigenvalue weighted by Gasteiger charge is -2.03. The molecule has 0 radical (unpaired) electrons. The minimum absolute atomic E-state index is 0.0519. The Labute approximate surface area is 93.1 Å². The molecule has 0 saturated carbocycles. The minimum Gasteiger partial charge on any atom is -0.480 e. The molecule has 0 saturated heterocycles. The maximum atomic E-state index is 10.4. The van der Waals surface area contributed by atoms with Crippen molar-refractivity contribution in [2.24, 2.45) is 5.10 Å². The minimum atomic E-state index is -0.446. The Morgan fingerprint density at radius 2 is 2.12 bits per heavy atom. The fraction of sp³-hybridized carbons (Fsp3) is 0.300. The molecule has 0 amide bonds. The van der Waals surface area contributed by atoms with Gasteiger partial charge in [-0.05, 0) is 19.1 Å². The van der Waals surface area contributed by atoms with Crippen LogP contribution in [0, 0.1) is 10.1 Å². The molecule has 0 aliphatic rings. The first-order valence-electron chi connectivity index (χ1n) is 4.81. The van der Waals surface area contributed by atoms with Crippen molar-refractivity contribution in [1.29, 1.82) is 0 Å². The average Bonchev–Trinajstić information content (AvgIpc) is 2.27. The highest BCUT2D eigenvalue weighted by molar-refractivity contribution is 5.74. The number of nitrogens with zero attached hydrogens (tertiary/aromatic N) is 2. The molecule has 0 bridgehead atoms. The third-order valence-electron chi connectivity index (χ3n) is 1.77. The normalized spacial score (nSPS) is 11.0. The van der Waals surface area contributed by atoms with Crippen LogP contribution in [-0.4, -0.2) is 17.4 Å². The van der Waals surface area contributed by atoms with Crippen LogP contribution in [0.1, 0.15) is 13.8 Å². The van der Waals surface area contributed by atoms with Crippen molar-refractivity contribution >= 4 is 17.3 Å². The van der Waals surface area contributed by atoms with Crippen molar-refractivity contribution in [3.8, 4) is 0 Å². The van der Waals surface area contributed by atoms with Crippen LogP contribution < -0.4 is 5.43 Å². The van der Waals surface area contributed by atoms with E-state index >= 15 is 0 Å². The highest BCUT2D eigenvalue weighted by Crippen LogP contribution is 2.15. The first-order chi connectivity index (χ1) is 7.63. The van der Waals surface area contributed by atoms with Crippen LogP contribution in [0.15, 0.2) is 29.4 Å². The standard InChI is InChI=1S/C10H13N3O3/c1-3-16-8(2)11-12-9-4-6-10(7-5-9)13(14)15/h4-7,12H,3H2,1-2H3/b11-8-. The number of hydrogen-bond donors (Lipinski definition) is 1. The van der Waals surface area contributed by atoms with Crippen LogP contribution >= 0.6 is 0 Å². The zero-order chi connectivity index (χ0) is 12.0. The van der Waals surface area contributed by atoms with E-state index in [4.69, 9.17) is 4.74 Å². The van der Waals surface area contributed by atoms with Gasteiger partial charge in [-0.1, -0.05) is 0 Å². The summed E-state index contributed by atoms with van der Waals surface area (Å²) in [7, 11) is 0. The number of nitrogens with one attached hydrogen (secondary N) is 1. The van der Waals surface area contributed by atoms with Crippen molar-refractivity contribution < 1.29 is 9.66 Å². The molecule has 6 heteroatoms. The van der Waals surface area contributed by atoms with Gasteiger partial charge in [-0.15, -0.1) is 5.10 Å². The highest BCUT2D eigenvalue weighted by atomic mass is 16.6. The summed E-state index contributed by atoms with van der Waals surface area (Å²) in [4.78, 5) is 9.96. The van der Waals surface area contributed by atoms with Gasteiger partial charge in [0.1, 0.15) is 0 Å². The molecule has 16 heavy (non-hydrogen) atoms. The number of nitro groups is 1. The molecule has 86 valence electrons. The summed E-state index contributed by atoms with van der Waals surface area (Å²) in [6.07, 6.45) is 0. The zero-order valence-corrected chi connectivity index (χ0v) is 9.14. The van der Waals surface area contributed by atoms with Crippen LogP contribution in [0.5, 0.6) is 0 Å². The van der Waals surface area contributed by atoms with Crippen molar-refractivity contribution in [3.05, 3.63) is 34.4 Å². The number of non-ortho nitro benzene ring substituents is 1. The molecule has 1 N–H and O–H groups in total. The van der Waals surface area contributed by atoms with Gasteiger partial charge in [0.25, 0.3) is 5.69 Å². The second kappa shape index (κ2) is 5.69. The largest absolute Gasteiger partial charge is 0.480 e. The lowest BCUT2D eigenvalue weighted by atomic mass is 10.3. The van der Waals surface area contributed by atoms with E-state index in [1.54, 1.807) is 19.1 Å². The summed E-state index contributed by atoms with van der Waals surface area (Å²) in [6.45, 7) is 4.14. The molecule has 0 aromatic heterocycles. The number of nitro benzene ring substituents is 1. The van der Waals surface area contributed by atoms with Crippen molar-refractivity contribution in [2.45, 2.75) is 13.8 Å². The molecule has 1 aromatic carbocycles. The highest BCUT2D eigenvalue weighted by Gasteiger charge is 2.02. The third-order valence-corrected chi connectivity index (χ3v) is 1.77. The molecule has 1 aromatic rings. The lowest BCUT2D eigenvalue weighted by Crippen LogP contribution is -2.02. The van der Waals surface area contributed by atoms with E-state index in [2.05, 4.69) is 10.5 Å². The summed E-state index contributed by atoms with van der Waals surface area (Å²) in [5.41, 5.74) is 3.46. The van der Waals surface area contributed by atoms with E-state index in [1.807, 2.05) is 6.92 Å². The van der Waals surface area contributed by atoms with E-state index in [1.165, 1.54) is 12.1 Å². The molecule has 0 atom stereocenters. The molecule has 0 spiro atoms. The second-order valence-corrected chi connectivity index (χ2v) is 2.98. The van der Waals surface area contributed by atoms with Crippen molar-refractivity contribution in [3.63, 3.8) is 0 Å². The molecule has 0 heterocycles. The van der Waals surface area contributed by atoms with E-state index in [9.17, 15) is 10.1 Å². The first kappa shape index (κ1) is 12.0. The summed E-state index contributed by atoms with van der Waals surface area (Å²) in [6, 6.07) is 5.99. The van der Waals surface area contributed by atoms with Crippen LogP contribution in [0.2, 0.25) is 0 Å². The van der Waals surface area contributed by atoms with Crippen LogP contribution in [0.25, 0.3) is 0 Å². The Morgan fingerprint density at radius 3 is 2.62 bits per heavy atom. The summed E-state index contributed by atoms with van der Waals surface area (Å²) in [5.74, 6) is 0.515. The Balaban J connectivity index is 2.62. The molecule has 0 aliphatic heterocycles. The molecular formula is C10H13N3O3. The van der Waals surface area contributed by atoms with Gasteiger partial charge in [-0.25, -0.2) is 0 Å². The van der Waals surface area contributed by atoms with Crippen LogP contribution in [-0.2, 0) is 4.74 Å². The lowest BCUT2D eigenvalue weighted by molar-refractivity contribution is -0.384. The number of hydrazone groups is 1. The van der Waals surface area contributed by atoms with Gasteiger partial charge in [-0.3, -0.25) is 15.5 Å². The zero-order valence-electron chi connectivity index (χ0n) is 9.14. The quantitative estimate of drug-likeness (QED) is 0.368. The van der Waals surface area contributed by atoms with E-state index < -0.39 is 4.92 Å². The first-order valence-corrected chi connectivity index (χ1v) is 4.81. The van der Waals surface area contributed by atoms with E-state index in [0.29, 0.717) is 18.2 Å². The predicted molar refractivity (Wildman–Crippen MR) is 61.5 cm³/mol. The number of rotatable bonds is 4. The summed E-state index contributed by atoms with van der Waals surface area (Å²) >= 11 is 0. The van der Waals surface area contributed by atoms with Gasteiger partial charge >= 0.3 is 0 Å². The smallest absolute Gasteiger partial charge is 0.269 e. The van der Waals surface area contributed by atoms with Gasteiger partial charge in [0.05, 0.1) is 17.2 Å². The van der Waals surface area contributed by atoms with Crippen LogP contribution in [0.4, 0.5) is 11.4 Å². The van der Waals surface area contributed by atoms with Gasteiger partial charge < -0.3 is 4.74 Å². The van der Waals surface area contributed by atoms with Gasteiger partial charge in [0.2, 0.25) is 5.90 Å². The average molecular weight is 223 g/mol. The molecule has 0 unspecified atom stereocenters. The number of hydrogen-bond acceptors (Lipinski definition) is 5. The molecule has 1 rings (SSSR count). The maximum absolute atomic E-state index is 10.4. The molecule has 0 aliphatic carbocycles. The number of ether oxygens (including phenoxy) is 1. The predicted octanol–water partition coefficient (Wildman–Crippen LogP) is 2.38. The fourth-order valence-corrected chi connectivity index (χ4v) is 1.04. The molecular weight excluding hydrogens is 210 g/mol. The maximum Gasteiger partial charge on any atom is 0.269 e. The Bertz CT molecular complexity index is 387. The van der Waals surface area contributed by atoms with Gasteiger partial charge in [0, 0.05) is 19.1 Å². The van der Waals surface area contributed by atoms with Crippen LogP contribution in [0.3, 0.4) is 0 Å². The summed E-state index contributed by atoms with van der Waals surface area (Å²) in [5, 5.41) is 14.3.